The zero-order valence-corrected chi connectivity index (χ0v) is 26.5. The van der Waals surface area contributed by atoms with Gasteiger partial charge < -0.3 is 20.0 Å². The molecule has 8 heteroatoms. The molecule has 7 nitrogen and oxygen atoms in total. The van der Waals surface area contributed by atoms with Gasteiger partial charge in [0, 0.05) is 55.5 Å². The minimum absolute atomic E-state index is 0.0233. The van der Waals surface area contributed by atoms with Gasteiger partial charge in [0.2, 0.25) is 11.8 Å². The highest BCUT2D eigenvalue weighted by Gasteiger charge is 2.58. The van der Waals surface area contributed by atoms with Crippen molar-refractivity contribution in [1.29, 1.82) is 0 Å². The molecule has 2 fully saturated rings. The van der Waals surface area contributed by atoms with E-state index in [1.807, 2.05) is 28.0 Å². The first-order chi connectivity index (χ1) is 21.2. The van der Waals surface area contributed by atoms with E-state index in [0.29, 0.717) is 26.2 Å². The van der Waals surface area contributed by atoms with E-state index in [4.69, 9.17) is 0 Å². The number of nitrogens with one attached hydrogen (secondary N) is 1. The summed E-state index contributed by atoms with van der Waals surface area (Å²) in [6.07, 6.45) is 2.52. The quantitative estimate of drug-likeness (QED) is 0.351. The molecule has 7 rings (SSSR count). The van der Waals surface area contributed by atoms with Crippen molar-refractivity contribution in [1.82, 2.24) is 14.7 Å². The van der Waals surface area contributed by atoms with Crippen LogP contribution in [0, 0.1) is 5.41 Å². The number of carbonyl (C=O) groups excluding carboxylic acids is 3. The maximum Gasteiger partial charge on any atom is 0.322 e. The largest absolute Gasteiger partial charge is 0.342 e. The Morgan fingerprint density at radius 3 is 2.18 bits per heavy atom. The predicted octanol–water partition coefficient (Wildman–Crippen LogP) is 6.68. The van der Waals surface area contributed by atoms with Crippen LogP contribution in [0.15, 0.2) is 72.8 Å². The van der Waals surface area contributed by atoms with Gasteiger partial charge in [-0.1, -0.05) is 87.5 Å². The first-order valence-electron chi connectivity index (χ1n) is 15.8. The number of amides is 4. The molecule has 228 valence electrons. The second-order valence-corrected chi connectivity index (χ2v) is 15.1. The van der Waals surface area contributed by atoms with Crippen LogP contribution in [0.3, 0.4) is 0 Å². The topological polar surface area (TPSA) is 73.0 Å². The molecule has 44 heavy (non-hydrogen) atoms. The first-order valence-corrected chi connectivity index (χ1v) is 16.7. The number of piperidine rings is 1. The molecule has 1 spiro atoms. The van der Waals surface area contributed by atoms with Gasteiger partial charge in [0.1, 0.15) is 4.87 Å². The summed E-state index contributed by atoms with van der Waals surface area (Å²) in [5.41, 5.74) is 6.68. The number of carbonyl (C=O) groups is 3. The van der Waals surface area contributed by atoms with Gasteiger partial charge in [0.25, 0.3) is 0 Å². The fourth-order valence-electron chi connectivity index (χ4n) is 7.31. The lowest BCUT2D eigenvalue weighted by Gasteiger charge is -2.40. The van der Waals surface area contributed by atoms with Crippen LogP contribution in [0.5, 0.6) is 0 Å². The van der Waals surface area contributed by atoms with E-state index in [1.165, 1.54) is 11.1 Å². The Balaban J connectivity index is 1.09. The van der Waals surface area contributed by atoms with Crippen molar-refractivity contribution < 1.29 is 14.4 Å². The molecule has 0 radical (unpaired) electrons. The van der Waals surface area contributed by atoms with E-state index < -0.39 is 10.1 Å². The molecule has 3 aliphatic heterocycles. The van der Waals surface area contributed by atoms with E-state index in [0.717, 1.165) is 41.6 Å². The molecule has 1 unspecified atom stereocenters. The molecule has 4 amide bonds. The second-order valence-electron chi connectivity index (χ2n) is 13.7. The molecule has 0 saturated carbocycles. The number of rotatable bonds is 5. The Hall–Kier alpha value is -3.78. The summed E-state index contributed by atoms with van der Waals surface area (Å²) in [4.78, 5) is 46.2. The van der Waals surface area contributed by atoms with E-state index >= 15 is 0 Å². The number of anilines is 1. The summed E-state index contributed by atoms with van der Waals surface area (Å²) in [6.45, 7) is 9.02. The molecule has 4 aliphatic rings. The Morgan fingerprint density at radius 2 is 1.52 bits per heavy atom. The Kier molecular flexibility index (Phi) is 7.23. The van der Waals surface area contributed by atoms with Crippen LogP contribution in [0.1, 0.15) is 63.1 Å². The molecule has 1 aliphatic carbocycles. The van der Waals surface area contributed by atoms with Crippen molar-refractivity contribution in [3.05, 3.63) is 89.5 Å². The lowest BCUT2D eigenvalue weighted by atomic mass is 9.91. The third kappa shape index (κ3) is 4.87. The number of benzene rings is 3. The Bertz CT molecular complexity index is 1580. The van der Waals surface area contributed by atoms with E-state index in [9.17, 15) is 14.4 Å². The number of hydrogen-bond acceptors (Lipinski definition) is 4. The van der Waals surface area contributed by atoms with E-state index in [-0.39, 0.29) is 35.7 Å². The normalized spacial score (nSPS) is 20.9. The number of likely N-dealkylation sites (tertiary alicyclic amines) is 1. The molecule has 1 N–H and O–H groups in total. The monoisotopic (exact) mass is 608 g/mol. The Labute approximate surface area is 264 Å². The van der Waals surface area contributed by atoms with Crippen molar-refractivity contribution in [2.75, 3.05) is 25.0 Å². The van der Waals surface area contributed by atoms with Crippen molar-refractivity contribution in [2.45, 2.75) is 69.2 Å². The van der Waals surface area contributed by atoms with Gasteiger partial charge in [0.15, 0.2) is 0 Å². The molecule has 2 saturated heterocycles. The van der Waals surface area contributed by atoms with Gasteiger partial charge in [-0.15, -0.1) is 11.8 Å². The van der Waals surface area contributed by atoms with Crippen LogP contribution >= 0.6 is 11.8 Å². The summed E-state index contributed by atoms with van der Waals surface area (Å²) < 4.78 is 0. The summed E-state index contributed by atoms with van der Waals surface area (Å²) in [7, 11) is 0. The molecular formula is C36H40N4O3S. The van der Waals surface area contributed by atoms with E-state index in [1.54, 1.807) is 11.8 Å². The number of para-hydroxylation sites is 1. The van der Waals surface area contributed by atoms with Crippen LogP contribution in [-0.4, -0.2) is 63.5 Å². The fourth-order valence-corrected chi connectivity index (χ4v) is 9.10. The number of hydrogen-bond donors (Lipinski definition) is 1. The fraction of sp³-hybridized carbons (Fsp3) is 0.417. The summed E-state index contributed by atoms with van der Waals surface area (Å²) in [6, 6.07) is 24.8. The number of nitrogens with zero attached hydrogens (tertiary/aromatic N) is 3. The number of urea groups is 1. The average molecular weight is 609 g/mol. The van der Waals surface area contributed by atoms with Gasteiger partial charge in [-0.25, -0.2) is 4.79 Å². The van der Waals surface area contributed by atoms with Crippen LogP contribution in [-0.2, 0) is 21.0 Å². The van der Waals surface area contributed by atoms with Crippen molar-refractivity contribution in [3.8, 4) is 11.1 Å². The maximum absolute atomic E-state index is 14.3. The molecular weight excluding hydrogens is 568 g/mol. The third-order valence-corrected chi connectivity index (χ3v) is 11.3. The smallest absolute Gasteiger partial charge is 0.322 e. The van der Waals surface area contributed by atoms with Gasteiger partial charge in [0.05, 0.1) is 5.25 Å². The lowest BCUT2D eigenvalue weighted by Crippen LogP contribution is -2.51. The molecule has 3 heterocycles. The zero-order valence-electron chi connectivity index (χ0n) is 25.7. The van der Waals surface area contributed by atoms with Gasteiger partial charge >= 0.3 is 6.03 Å². The average Bonchev–Trinajstić information content (AvgIpc) is 3.46. The summed E-state index contributed by atoms with van der Waals surface area (Å²) >= 11 is 1.65. The van der Waals surface area contributed by atoms with Crippen LogP contribution in [0.25, 0.3) is 11.1 Å². The predicted molar refractivity (Wildman–Crippen MR) is 175 cm³/mol. The molecule has 3 aromatic rings. The molecule has 0 aromatic heterocycles. The van der Waals surface area contributed by atoms with Gasteiger partial charge in [-0.05, 0) is 47.4 Å². The van der Waals surface area contributed by atoms with Crippen molar-refractivity contribution in [3.63, 3.8) is 0 Å². The van der Waals surface area contributed by atoms with E-state index in [2.05, 4.69) is 85.6 Å². The third-order valence-electron chi connectivity index (χ3n) is 9.67. The highest BCUT2D eigenvalue weighted by atomic mass is 32.2. The molecule has 0 bridgehead atoms. The molecule has 1 atom stereocenters. The first kappa shape index (κ1) is 29.0. The van der Waals surface area contributed by atoms with Crippen LogP contribution in [0.2, 0.25) is 0 Å². The second kappa shape index (κ2) is 11.0. The number of fused-ring (bicyclic) bond motifs is 6. The standard InChI is InChI=1S/C36H40N4O3S/c1-35(2,3)18-21-40-33(42)31(44-36(40)28-13-7-5-11-26(28)27-12-6-8-14-29(27)36)22-32(41)38-19-16-25(17-20-38)39-23-24-10-4-9-15-30(24)37-34(39)43/h4-15,25,31H,16-23H2,1-3H3,(H,37,43). The summed E-state index contributed by atoms with van der Waals surface area (Å²) in [5, 5.41) is 2.56. The van der Waals surface area contributed by atoms with Gasteiger partial charge in [-0.2, -0.15) is 0 Å². The van der Waals surface area contributed by atoms with Crippen molar-refractivity contribution >= 4 is 35.3 Å². The van der Waals surface area contributed by atoms with Crippen LogP contribution in [0.4, 0.5) is 10.5 Å². The highest BCUT2D eigenvalue weighted by Crippen LogP contribution is 2.61. The highest BCUT2D eigenvalue weighted by molar-refractivity contribution is 8.02. The van der Waals surface area contributed by atoms with Gasteiger partial charge in [-0.3, -0.25) is 9.59 Å². The summed E-state index contributed by atoms with van der Waals surface area (Å²) in [5.74, 6) is 0.0766. The zero-order chi connectivity index (χ0) is 30.6. The Morgan fingerprint density at radius 1 is 0.909 bits per heavy atom. The minimum Gasteiger partial charge on any atom is -0.342 e. The maximum atomic E-state index is 14.3. The van der Waals surface area contributed by atoms with Crippen molar-refractivity contribution in [2.24, 2.45) is 5.41 Å². The SMILES string of the molecule is CC(C)(C)CCN1C(=O)C(CC(=O)N2CCC(N3Cc4ccccc4NC3=O)CC2)SC12c1ccccc1-c1ccccc12. The molecule has 3 aromatic carbocycles. The lowest BCUT2D eigenvalue weighted by molar-refractivity contribution is -0.137. The minimum atomic E-state index is -0.634. The number of thioether (sulfide) groups is 1. The van der Waals surface area contributed by atoms with Crippen LogP contribution < -0.4 is 5.32 Å².